The highest BCUT2D eigenvalue weighted by Crippen LogP contribution is 2.22. The first kappa shape index (κ1) is 15.0. The first-order chi connectivity index (χ1) is 9.58. The van der Waals surface area contributed by atoms with Gasteiger partial charge in [0.05, 0.1) is 12.2 Å². The van der Waals surface area contributed by atoms with Crippen molar-refractivity contribution in [3.05, 3.63) is 34.9 Å². The van der Waals surface area contributed by atoms with Crippen LogP contribution in [0.1, 0.15) is 35.3 Å². The van der Waals surface area contributed by atoms with Crippen molar-refractivity contribution < 1.29 is 14.6 Å². The lowest BCUT2D eigenvalue weighted by atomic mass is 9.94. The third-order valence-electron chi connectivity index (χ3n) is 3.58. The summed E-state index contributed by atoms with van der Waals surface area (Å²) in [6.07, 6.45) is 0.808. The smallest absolute Gasteiger partial charge is 0.335 e. The monoisotopic (exact) mass is 277 g/mol. The molecule has 0 aromatic heterocycles. The number of hydrogen-bond acceptors (Lipinski definition) is 3. The van der Waals surface area contributed by atoms with Gasteiger partial charge < -0.3 is 9.84 Å². The highest BCUT2D eigenvalue weighted by Gasteiger charge is 2.20. The maximum absolute atomic E-state index is 11.2. The van der Waals surface area contributed by atoms with E-state index in [1.807, 2.05) is 12.1 Å². The summed E-state index contributed by atoms with van der Waals surface area (Å²) in [4.78, 5) is 13.5. The van der Waals surface area contributed by atoms with Gasteiger partial charge in [-0.25, -0.2) is 4.79 Å². The van der Waals surface area contributed by atoms with E-state index in [1.54, 1.807) is 6.07 Å². The average molecular weight is 277 g/mol. The van der Waals surface area contributed by atoms with Gasteiger partial charge in [-0.05, 0) is 29.5 Å². The van der Waals surface area contributed by atoms with Gasteiger partial charge in [-0.3, -0.25) is 4.90 Å². The molecule has 0 fully saturated rings. The summed E-state index contributed by atoms with van der Waals surface area (Å²) in [7, 11) is 0. The summed E-state index contributed by atoms with van der Waals surface area (Å²) in [6.45, 7) is 8.46. The Bertz CT molecular complexity index is 471. The molecule has 1 aliphatic heterocycles. The van der Waals surface area contributed by atoms with Crippen molar-refractivity contribution in [1.29, 1.82) is 0 Å². The Morgan fingerprint density at radius 1 is 1.45 bits per heavy atom. The second-order valence-corrected chi connectivity index (χ2v) is 5.74. The Morgan fingerprint density at radius 2 is 2.25 bits per heavy atom. The summed E-state index contributed by atoms with van der Waals surface area (Å²) in [5, 5.41) is 9.20. The van der Waals surface area contributed by atoms with Gasteiger partial charge in [-0.2, -0.15) is 0 Å². The average Bonchev–Trinajstić information content (AvgIpc) is 2.42. The van der Waals surface area contributed by atoms with Gasteiger partial charge in [-0.15, -0.1) is 0 Å². The van der Waals surface area contributed by atoms with Gasteiger partial charge in [0.2, 0.25) is 0 Å². The maximum Gasteiger partial charge on any atom is 0.335 e. The fourth-order valence-corrected chi connectivity index (χ4v) is 2.57. The molecule has 0 radical (unpaired) electrons. The Kier molecular flexibility index (Phi) is 5.15. The van der Waals surface area contributed by atoms with E-state index in [1.165, 1.54) is 0 Å². The van der Waals surface area contributed by atoms with Crippen LogP contribution >= 0.6 is 0 Å². The van der Waals surface area contributed by atoms with Crippen LogP contribution in [-0.4, -0.2) is 42.3 Å². The minimum atomic E-state index is -0.824. The molecule has 110 valence electrons. The van der Waals surface area contributed by atoms with Gasteiger partial charge in [0.25, 0.3) is 0 Å². The Hall–Kier alpha value is -1.39. The molecule has 4 heteroatoms. The van der Waals surface area contributed by atoms with E-state index in [9.17, 15) is 9.90 Å². The first-order valence-corrected chi connectivity index (χ1v) is 7.22. The summed E-state index contributed by atoms with van der Waals surface area (Å²) >= 11 is 0. The predicted octanol–water partition coefficient (Wildman–Crippen LogP) is 2.42. The molecular weight excluding hydrogens is 254 g/mol. The van der Waals surface area contributed by atoms with E-state index in [0.29, 0.717) is 11.5 Å². The Balaban J connectivity index is 1.91. The fraction of sp³-hybridized carbons (Fsp3) is 0.562. The molecule has 0 atom stereocenters. The SMILES string of the molecule is CC(C)COCCN1CCc2c(cccc2C(=O)O)C1. The van der Waals surface area contributed by atoms with Crippen LogP contribution < -0.4 is 0 Å². The van der Waals surface area contributed by atoms with Crippen molar-refractivity contribution in [2.45, 2.75) is 26.8 Å². The van der Waals surface area contributed by atoms with Crippen LogP contribution in [0, 0.1) is 5.92 Å². The van der Waals surface area contributed by atoms with Crippen molar-refractivity contribution in [1.82, 2.24) is 4.90 Å². The van der Waals surface area contributed by atoms with E-state index in [4.69, 9.17) is 4.74 Å². The number of ether oxygens (including phenoxy) is 1. The second kappa shape index (κ2) is 6.86. The lowest BCUT2D eigenvalue weighted by molar-refractivity contribution is 0.0691. The van der Waals surface area contributed by atoms with Crippen molar-refractivity contribution in [3.8, 4) is 0 Å². The van der Waals surface area contributed by atoms with Gasteiger partial charge >= 0.3 is 5.97 Å². The topological polar surface area (TPSA) is 49.8 Å². The number of hydrogen-bond donors (Lipinski definition) is 1. The molecule has 0 bridgehead atoms. The van der Waals surface area contributed by atoms with Crippen LogP contribution in [0.2, 0.25) is 0 Å². The normalized spacial score (nSPS) is 15.3. The van der Waals surface area contributed by atoms with E-state index in [-0.39, 0.29) is 0 Å². The maximum atomic E-state index is 11.2. The zero-order chi connectivity index (χ0) is 14.5. The quantitative estimate of drug-likeness (QED) is 0.811. The number of benzene rings is 1. The third-order valence-corrected chi connectivity index (χ3v) is 3.58. The standard InChI is InChI=1S/C16H23NO3/c1-12(2)11-20-9-8-17-7-6-14-13(10-17)4-3-5-15(14)16(18)19/h3-5,12H,6-11H2,1-2H3,(H,18,19). The van der Waals surface area contributed by atoms with Crippen molar-refractivity contribution in [2.75, 3.05) is 26.3 Å². The van der Waals surface area contributed by atoms with Crippen LogP contribution in [0.4, 0.5) is 0 Å². The minimum Gasteiger partial charge on any atom is -0.478 e. The van der Waals surface area contributed by atoms with Crippen LogP contribution in [-0.2, 0) is 17.7 Å². The van der Waals surface area contributed by atoms with Crippen molar-refractivity contribution in [2.24, 2.45) is 5.92 Å². The highest BCUT2D eigenvalue weighted by molar-refractivity contribution is 5.89. The van der Waals surface area contributed by atoms with E-state index in [0.717, 1.165) is 50.4 Å². The van der Waals surface area contributed by atoms with Gasteiger partial charge in [-0.1, -0.05) is 26.0 Å². The van der Waals surface area contributed by atoms with Gasteiger partial charge in [0, 0.05) is 26.2 Å². The van der Waals surface area contributed by atoms with Crippen LogP contribution in [0.25, 0.3) is 0 Å². The Labute approximate surface area is 120 Å². The number of nitrogens with zero attached hydrogens (tertiary/aromatic N) is 1. The van der Waals surface area contributed by atoms with Crippen LogP contribution in [0.3, 0.4) is 0 Å². The van der Waals surface area contributed by atoms with E-state index >= 15 is 0 Å². The predicted molar refractivity (Wildman–Crippen MR) is 78.0 cm³/mol. The van der Waals surface area contributed by atoms with E-state index < -0.39 is 5.97 Å². The molecule has 4 nitrogen and oxygen atoms in total. The molecule has 0 saturated heterocycles. The second-order valence-electron chi connectivity index (χ2n) is 5.74. The molecular formula is C16H23NO3. The molecule has 2 rings (SSSR count). The minimum absolute atomic E-state index is 0.457. The molecule has 0 amide bonds. The number of aromatic carboxylic acids is 1. The van der Waals surface area contributed by atoms with Crippen molar-refractivity contribution >= 4 is 5.97 Å². The zero-order valence-electron chi connectivity index (χ0n) is 12.3. The molecule has 1 heterocycles. The summed E-state index contributed by atoms with van der Waals surface area (Å²) < 4.78 is 5.61. The zero-order valence-corrected chi connectivity index (χ0v) is 12.3. The third kappa shape index (κ3) is 3.81. The van der Waals surface area contributed by atoms with Crippen LogP contribution in [0.15, 0.2) is 18.2 Å². The molecule has 0 saturated carbocycles. The van der Waals surface area contributed by atoms with Crippen molar-refractivity contribution in [3.63, 3.8) is 0 Å². The molecule has 1 aromatic rings. The summed E-state index contributed by atoms with van der Waals surface area (Å²) in [6, 6.07) is 5.56. The number of fused-ring (bicyclic) bond motifs is 1. The lowest BCUT2D eigenvalue weighted by Gasteiger charge is -2.29. The van der Waals surface area contributed by atoms with Crippen LogP contribution in [0.5, 0.6) is 0 Å². The summed E-state index contributed by atoms with van der Waals surface area (Å²) in [5.41, 5.74) is 2.59. The molecule has 0 spiro atoms. The molecule has 0 unspecified atom stereocenters. The Morgan fingerprint density at radius 3 is 2.95 bits per heavy atom. The first-order valence-electron chi connectivity index (χ1n) is 7.22. The number of rotatable bonds is 6. The summed E-state index contributed by atoms with van der Waals surface area (Å²) in [5.74, 6) is -0.259. The molecule has 1 aliphatic rings. The number of carboxylic acid groups (broad SMARTS) is 1. The molecule has 20 heavy (non-hydrogen) atoms. The fourth-order valence-electron chi connectivity index (χ4n) is 2.57. The van der Waals surface area contributed by atoms with Gasteiger partial charge in [0.1, 0.15) is 0 Å². The molecule has 1 N–H and O–H groups in total. The molecule has 1 aromatic carbocycles. The number of carboxylic acids is 1. The molecule has 0 aliphatic carbocycles. The lowest BCUT2D eigenvalue weighted by Crippen LogP contribution is -2.34. The van der Waals surface area contributed by atoms with E-state index in [2.05, 4.69) is 18.7 Å². The highest BCUT2D eigenvalue weighted by atomic mass is 16.5. The largest absolute Gasteiger partial charge is 0.478 e. The van der Waals surface area contributed by atoms with Gasteiger partial charge in [0.15, 0.2) is 0 Å². The number of carbonyl (C=O) groups is 1.